The molecule has 0 amide bonds. The molecule has 1 aromatic carbocycles. The molecule has 1 N–H and O–H groups in total. The number of rotatable bonds is 4. The number of benzene rings is 1. The molecule has 12 heteroatoms. The van der Waals surface area contributed by atoms with Crippen LogP contribution in [0.1, 0.15) is 11.3 Å². The summed E-state index contributed by atoms with van der Waals surface area (Å²) in [5, 5.41) is 8.16. The highest BCUT2D eigenvalue weighted by molar-refractivity contribution is 9.10. The molecule has 0 spiro atoms. The third-order valence-electron chi connectivity index (χ3n) is 3.05. The van der Waals surface area contributed by atoms with Gasteiger partial charge in [0.1, 0.15) is 17.5 Å². The van der Waals surface area contributed by atoms with Crippen molar-refractivity contribution in [2.45, 2.75) is 17.1 Å². The lowest BCUT2D eigenvalue weighted by Gasteiger charge is -2.21. The maximum Gasteiger partial charge on any atom is 0.475 e. The van der Waals surface area contributed by atoms with E-state index in [-0.39, 0.29) is 11.3 Å². The lowest BCUT2D eigenvalue weighted by Crippen LogP contribution is -2.40. The van der Waals surface area contributed by atoms with Crippen molar-refractivity contribution >= 4 is 27.5 Å². The molecule has 3 nitrogen and oxygen atoms in total. The van der Waals surface area contributed by atoms with Crippen LogP contribution < -0.4 is 4.74 Å². The first-order valence-corrected chi connectivity index (χ1v) is 7.58. The molecule has 0 saturated carbocycles. The van der Waals surface area contributed by atoms with Crippen molar-refractivity contribution in [3.63, 3.8) is 0 Å². The largest absolute Gasteiger partial charge is 0.475 e. The number of ether oxygens (including phenoxy) is 1. The molecule has 1 aromatic heterocycles. The minimum Gasteiger partial charge on any atom is -0.427 e. The molecule has 0 radical (unpaired) electrons. The number of nitriles is 1. The van der Waals surface area contributed by atoms with E-state index in [4.69, 9.17) is 16.9 Å². The minimum atomic E-state index is -4.87. The first-order valence-electron chi connectivity index (χ1n) is 6.40. The van der Waals surface area contributed by atoms with E-state index in [1.54, 1.807) is 0 Å². The van der Waals surface area contributed by atoms with Gasteiger partial charge in [0.05, 0.1) is 16.3 Å². The summed E-state index contributed by atoms with van der Waals surface area (Å²) in [6, 6.07) is 5.16. The fraction of sp³-hybridized carbons (Fsp3) is 0.214. The van der Waals surface area contributed by atoms with Crippen LogP contribution in [0.15, 0.2) is 24.3 Å². The van der Waals surface area contributed by atoms with Crippen LogP contribution in [0.25, 0.3) is 11.3 Å². The van der Waals surface area contributed by atoms with Crippen molar-refractivity contribution < 1.29 is 35.5 Å². The van der Waals surface area contributed by atoms with E-state index in [1.807, 2.05) is 4.98 Å². The van der Waals surface area contributed by atoms with Crippen molar-refractivity contribution in [1.82, 2.24) is 4.98 Å². The Morgan fingerprint density at radius 3 is 2.00 bits per heavy atom. The summed E-state index contributed by atoms with van der Waals surface area (Å²) in [6.07, 6.45) is -9.72. The summed E-state index contributed by atoms with van der Waals surface area (Å²) in [7, 11) is 0. The summed E-state index contributed by atoms with van der Waals surface area (Å²) in [6.45, 7) is 0. The van der Waals surface area contributed by atoms with Crippen molar-refractivity contribution in [2.75, 3.05) is 0 Å². The third-order valence-corrected chi connectivity index (χ3v) is 3.89. The quantitative estimate of drug-likeness (QED) is 0.433. The Hall–Kier alpha value is -1.93. The average molecular weight is 466 g/mol. The standard InChI is InChI=1S/C14H5BrClF7N2O/c15-13(20,21)14(22,23)26-7-3-1-6(2-4-7)10-8(5-24)9(16)11(25-10)12(17,18)19/h1-4,25H. The minimum absolute atomic E-state index is 0.0276. The van der Waals surface area contributed by atoms with E-state index in [0.29, 0.717) is 0 Å². The molecule has 0 aliphatic rings. The summed E-state index contributed by atoms with van der Waals surface area (Å²) < 4.78 is 94.0. The van der Waals surface area contributed by atoms with Gasteiger partial charge in [-0.25, -0.2) is 0 Å². The van der Waals surface area contributed by atoms with E-state index in [2.05, 4.69) is 4.74 Å². The first-order chi connectivity index (χ1) is 11.8. The van der Waals surface area contributed by atoms with Gasteiger partial charge in [-0.3, -0.25) is 0 Å². The lowest BCUT2D eigenvalue weighted by atomic mass is 10.1. The smallest absolute Gasteiger partial charge is 0.427 e. The average Bonchev–Trinajstić information content (AvgIpc) is 2.83. The van der Waals surface area contributed by atoms with Crippen LogP contribution in [0.3, 0.4) is 0 Å². The van der Waals surface area contributed by atoms with Gasteiger partial charge in [0, 0.05) is 15.9 Å². The second kappa shape index (κ2) is 6.66. The van der Waals surface area contributed by atoms with Crippen LogP contribution in [-0.2, 0) is 6.18 Å². The Morgan fingerprint density at radius 1 is 1.04 bits per heavy atom. The Kier molecular flexibility index (Phi) is 5.22. The topological polar surface area (TPSA) is 48.8 Å². The molecule has 2 rings (SSSR count). The summed E-state index contributed by atoms with van der Waals surface area (Å²) >= 11 is 7.03. The van der Waals surface area contributed by atoms with Gasteiger partial charge in [-0.1, -0.05) is 11.6 Å². The van der Waals surface area contributed by atoms with Crippen molar-refractivity contribution in [3.8, 4) is 23.1 Å². The summed E-state index contributed by atoms with van der Waals surface area (Å²) in [4.78, 5) is -2.68. The molecule has 2 aromatic rings. The molecule has 140 valence electrons. The molecule has 0 atom stereocenters. The van der Waals surface area contributed by atoms with Crippen molar-refractivity contribution in [3.05, 3.63) is 40.5 Å². The highest BCUT2D eigenvalue weighted by atomic mass is 79.9. The van der Waals surface area contributed by atoms with E-state index in [0.717, 1.165) is 24.3 Å². The molecule has 0 saturated heterocycles. The Morgan fingerprint density at radius 2 is 1.58 bits per heavy atom. The lowest BCUT2D eigenvalue weighted by molar-refractivity contribution is -0.266. The number of H-pyrrole nitrogens is 1. The highest BCUT2D eigenvalue weighted by Crippen LogP contribution is 2.42. The zero-order valence-corrected chi connectivity index (χ0v) is 14.4. The molecular formula is C14H5BrClF7N2O. The Bertz CT molecular complexity index is 850. The van der Waals surface area contributed by atoms with E-state index in [9.17, 15) is 30.7 Å². The van der Waals surface area contributed by atoms with Crippen LogP contribution in [0.4, 0.5) is 30.7 Å². The SMILES string of the molecule is N#Cc1c(-c2ccc(OC(F)(F)C(F)(F)Br)cc2)[nH]c(C(F)(F)F)c1Cl. The maximum atomic E-state index is 13.1. The highest BCUT2D eigenvalue weighted by Gasteiger charge is 2.57. The number of halogens is 9. The van der Waals surface area contributed by atoms with Gasteiger partial charge in [-0.2, -0.15) is 36.0 Å². The Balaban J connectivity index is 2.40. The van der Waals surface area contributed by atoms with E-state index >= 15 is 0 Å². The van der Waals surface area contributed by atoms with Gasteiger partial charge in [-0.15, -0.1) is 0 Å². The number of nitrogens with zero attached hydrogens (tertiary/aromatic N) is 1. The normalized spacial score (nSPS) is 12.8. The molecule has 0 aliphatic carbocycles. The molecule has 26 heavy (non-hydrogen) atoms. The van der Waals surface area contributed by atoms with E-state index < -0.39 is 39.1 Å². The molecule has 0 fully saturated rings. The summed E-state index contributed by atoms with van der Waals surface area (Å²) in [5.74, 6) is -0.676. The fourth-order valence-corrected chi connectivity index (χ4v) is 2.26. The second-order valence-corrected chi connectivity index (χ2v) is 6.19. The van der Waals surface area contributed by atoms with Gasteiger partial charge in [0.15, 0.2) is 0 Å². The van der Waals surface area contributed by atoms with Crippen LogP contribution in [0, 0.1) is 11.3 Å². The molecule has 1 heterocycles. The maximum absolute atomic E-state index is 13.1. The number of hydrogen-bond donors (Lipinski definition) is 1. The van der Waals surface area contributed by atoms with Gasteiger partial charge >= 0.3 is 17.1 Å². The molecule has 0 unspecified atom stereocenters. The zero-order chi connectivity index (χ0) is 19.9. The van der Waals surface area contributed by atoms with Crippen molar-refractivity contribution in [2.24, 2.45) is 0 Å². The summed E-state index contributed by atoms with van der Waals surface area (Å²) in [5.41, 5.74) is -2.20. The van der Waals surface area contributed by atoms with Crippen LogP contribution in [0.2, 0.25) is 5.02 Å². The van der Waals surface area contributed by atoms with Crippen LogP contribution in [0.5, 0.6) is 5.75 Å². The predicted octanol–water partition coefficient (Wildman–Crippen LogP) is 6.18. The van der Waals surface area contributed by atoms with Gasteiger partial charge in [0.2, 0.25) is 0 Å². The number of aromatic amines is 1. The van der Waals surface area contributed by atoms with Gasteiger partial charge in [0.25, 0.3) is 0 Å². The number of nitrogens with one attached hydrogen (secondary N) is 1. The second-order valence-electron chi connectivity index (χ2n) is 4.81. The number of hydrogen-bond acceptors (Lipinski definition) is 2. The van der Waals surface area contributed by atoms with Crippen LogP contribution >= 0.6 is 27.5 Å². The molecule has 0 bridgehead atoms. The van der Waals surface area contributed by atoms with Crippen LogP contribution in [-0.4, -0.2) is 15.9 Å². The van der Waals surface area contributed by atoms with E-state index in [1.165, 1.54) is 22.0 Å². The van der Waals surface area contributed by atoms with Crippen molar-refractivity contribution in [1.29, 1.82) is 5.26 Å². The van der Waals surface area contributed by atoms with Gasteiger partial charge in [-0.05, 0) is 29.8 Å². The third kappa shape index (κ3) is 3.91. The zero-order valence-electron chi connectivity index (χ0n) is 12.1. The first kappa shape index (κ1) is 20.4. The monoisotopic (exact) mass is 464 g/mol. The number of aromatic nitrogens is 1. The Labute approximate surface area is 154 Å². The molecular weight excluding hydrogens is 461 g/mol. The van der Waals surface area contributed by atoms with Gasteiger partial charge < -0.3 is 9.72 Å². The number of alkyl halides is 8. The predicted molar refractivity (Wildman–Crippen MR) is 80.4 cm³/mol. The molecule has 0 aliphatic heterocycles. The fourth-order valence-electron chi connectivity index (χ4n) is 1.89.